The summed E-state index contributed by atoms with van der Waals surface area (Å²) in [5.74, 6) is -0.798. The summed E-state index contributed by atoms with van der Waals surface area (Å²) in [5.41, 5.74) is 0. The predicted octanol–water partition coefficient (Wildman–Crippen LogP) is 19.7. The summed E-state index contributed by atoms with van der Waals surface area (Å²) in [6, 6.07) is 0. The van der Waals surface area contributed by atoms with Gasteiger partial charge in [-0.1, -0.05) is 262 Å². The standard InChI is InChI=1S/C64H120NO8P/c1-6-8-10-12-14-16-18-19-20-21-22-23-24-25-26-27-28-29-30-31-32-33-34-35-36-37-38-39-40-41-42-43-44-45-47-49-51-53-55-57-64(67)73-62(61-72-74(68,69)71-59-58-65(3,4)5)60-70-63(66)56-54-52-50-48-46-17-15-13-11-9-7-2/h13,15,18-19,21-22,24-25,62H,6-12,14,16-17,20,23,26-61H2,1-5H3/p+1/b15-13-,19-18-,22-21-,25-24-. The van der Waals surface area contributed by atoms with Crippen LogP contribution < -0.4 is 0 Å². The van der Waals surface area contributed by atoms with Crippen molar-refractivity contribution in [3.05, 3.63) is 48.6 Å². The molecule has 0 aromatic heterocycles. The van der Waals surface area contributed by atoms with Gasteiger partial charge in [-0.25, -0.2) is 4.57 Å². The maximum atomic E-state index is 12.8. The van der Waals surface area contributed by atoms with Crippen LogP contribution in [0.25, 0.3) is 0 Å². The molecule has 0 heterocycles. The first-order valence-corrected chi connectivity index (χ1v) is 32.9. The molecule has 0 fully saturated rings. The summed E-state index contributed by atoms with van der Waals surface area (Å²) < 4.78 is 34.5. The summed E-state index contributed by atoms with van der Waals surface area (Å²) in [7, 11) is 1.48. The van der Waals surface area contributed by atoms with E-state index in [1.807, 2.05) is 21.1 Å². The van der Waals surface area contributed by atoms with Crippen LogP contribution in [-0.4, -0.2) is 74.9 Å². The number of carbonyl (C=O) groups is 2. The molecule has 0 saturated heterocycles. The monoisotopic (exact) mass is 1060 g/mol. The van der Waals surface area contributed by atoms with Crippen LogP contribution in [0.5, 0.6) is 0 Å². The van der Waals surface area contributed by atoms with E-state index in [-0.39, 0.29) is 32.0 Å². The lowest BCUT2D eigenvalue weighted by molar-refractivity contribution is -0.870. The molecule has 1 N–H and O–H groups in total. The molecule has 74 heavy (non-hydrogen) atoms. The van der Waals surface area contributed by atoms with Crippen molar-refractivity contribution in [3.63, 3.8) is 0 Å². The van der Waals surface area contributed by atoms with Crippen molar-refractivity contribution in [2.24, 2.45) is 0 Å². The Balaban J connectivity index is 3.85. The van der Waals surface area contributed by atoms with Gasteiger partial charge in [0.1, 0.15) is 19.8 Å². The highest BCUT2D eigenvalue weighted by Gasteiger charge is 2.27. The molecule has 0 radical (unpaired) electrons. The van der Waals surface area contributed by atoms with Crippen LogP contribution in [0.1, 0.15) is 296 Å². The SMILES string of the molecule is CCCC/C=C\CCCCCCCC(=O)OCC(COP(=O)(O)OCC[N+](C)(C)C)OC(=O)CCCCCCCCCCCCCCCCCCCCCCCCCC/C=C\C/C=C\C/C=C\CCCCCCC. The van der Waals surface area contributed by atoms with E-state index >= 15 is 0 Å². The zero-order valence-electron chi connectivity index (χ0n) is 49.3. The molecular weight excluding hydrogens is 942 g/mol. The number of esters is 2. The minimum atomic E-state index is -4.38. The normalized spacial score (nSPS) is 13.5. The molecule has 0 spiro atoms. The van der Waals surface area contributed by atoms with Gasteiger partial charge in [-0.15, -0.1) is 0 Å². The minimum Gasteiger partial charge on any atom is -0.462 e. The van der Waals surface area contributed by atoms with Crippen LogP contribution >= 0.6 is 7.82 Å². The molecule has 10 heteroatoms. The van der Waals surface area contributed by atoms with Crippen molar-refractivity contribution in [3.8, 4) is 0 Å². The largest absolute Gasteiger partial charge is 0.472 e. The average molecular weight is 1060 g/mol. The Bertz CT molecular complexity index is 1390. The van der Waals surface area contributed by atoms with E-state index < -0.39 is 26.5 Å². The highest BCUT2D eigenvalue weighted by Crippen LogP contribution is 2.43. The third-order valence-electron chi connectivity index (χ3n) is 13.8. The van der Waals surface area contributed by atoms with Crippen molar-refractivity contribution >= 4 is 19.8 Å². The first-order chi connectivity index (χ1) is 36.0. The fourth-order valence-corrected chi connectivity index (χ4v) is 9.69. The molecule has 0 bridgehead atoms. The fourth-order valence-electron chi connectivity index (χ4n) is 8.95. The molecule has 0 aliphatic rings. The van der Waals surface area contributed by atoms with Crippen LogP contribution in [0.4, 0.5) is 0 Å². The van der Waals surface area contributed by atoms with Gasteiger partial charge in [0.25, 0.3) is 0 Å². The molecule has 0 aliphatic heterocycles. The van der Waals surface area contributed by atoms with Gasteiger partial charge < -0.3 is 18.9 Å². The number of quaternary nitrogens is 1. The van der Waals surface area contributed by atoms with Crippen LogP contribution in [0.2, 0.25) is 0 Å². The molecule has 0 aromatic carbocycles. The number of rotatable bonds is 58. The van der Waals surface area contributed by atoms with Crippen LogP contribution in [0, 0.1) is 0 Å². The van der Waals surface area contributed by atoms with Gasteiger partial charge in [0.15, 0.2) is 6.10 Å². The Morgan fingerprint density at radius 1 is 0.419 bits per heavy atom. The van der Waals surface area contributed by atoms with Crippen molar-refractivity contribution in [1.29, 1.82) is 0 Å². The van der Waals surface area contributed by atoms with Gasteiger partial charge in [0.2, 0.25) is 0 Å². The van der Waals surface area contributed by atoms with E-state index in [0.29, 0.717) is 17.4 Å². The Morgan fingerprint density at radius 2 is 0.743 bits per heavy atom. The number of carbonyl (C=O) groups excluding carboxylic acids is 2. The van der Waals surface area contributed by atoms with Gasteiger partial charge in [0, 0.05) is 12.8 Å². The quantitative estimate of drug-likeness (QED) is 0.0211. The van der Waals surface area contributed by atoms with Crippen molar-refractivity contribution in [1.82, 2.24) is 0 Å². The molecule has 0 amide bonds. The Morgan fingerprint density at radius 3 is 1.14 bits per heavy atom. The number of hydrogen-bond donors (Lipinski definition) is 1. The first kappa shape index (κ1) is 72.0. The maximum absolute atomic E-state index is 12.8. The van der Waals surface area contributed by atoms with Crippen LogP contribution in [0.3, 0.4) is 0 Å². The number of likely N-dealkylation sites (N-methyl/N-ethyl adjacent to an activating group) is 1. The number of hydrogen-bond acceptors (Lipinski definition) is 7. The van der Waals surface area contributed by atoms with Gasteiger partial charge in [-0.05, 0) is 70.6 Å². The summed E-state index contributed by atoms with van der Waals surface area (Å²) in [5, 5.41) is 0. The molecular formula is C64H121NO8P+. The van der Waals surface area contributed by atoms with E-state index in [1.54, 1.807) is 0 Å². The van der Waals surface area contributed by atoms with E-state index in [9.17, 15) is 19.0 Å². The van der Waals surface area contributed by atoms with Crippen molar-refractivity contribution < 1.29 is 42.1 Å². The molecule has 0 aromatic rings. The molecule has 0 saturated carbocycles. The summed E-state index contributed by atoms with van der Waals surface area (Å²) in [4.78, 5) is 35.5. The zero-order chi connectivity index (χ0) is 54.2. The lowest BCUT2D eigenvalue weighted by atomic mass is 10.0. The van der Waals surface area contributed by atoms with Gasteiger partial charge >= 0.3 is 19.8 Å². The van der Waals surface area contributed by atoms with E-state index in [0.717, 1.165) is 70.6 Å². The molecule has 0 aliphatic carbocycles. The lowest BCUT2D eigenvalue weighted by Gasteiger charge is -2.24. The topological polar surface area (TPSA) is 108 Å². The zero-order valence-corrected chi connectivity index (χ0v) is 50.2. The summed E-state index contributed by atoms with van der Waals surface area (Å²) >= 11 is 0. The molecule has 434 valence electrons. The number of unbranched alkanes of at least 4 members (excludes halogenated alkanes) is 36. The molecule has 9 nitrogen and oxygen atoms in total. The third-order valence-corrected chi connectivity index (χ3v) is 14.8. The maximum Gasteiger partial charge on any atom is 0.472 e. The van der Waals surface area contributed by atoms with Crippen LogP contribution in [0.15, 0.2) is 48.6 Å². The second-order valence-corrected chi connectivity index (χ2v) is 23.9. The minimum absolute atomic E-state index is 0.0318. The number of nitrogens with zero attached hydrogens (tertiary/aromatic N) is 1. The van der Waals surface area contributed by atoms with E-state index in [1.165, 1.54) is 193 Å². The van der Waals surface area contributed by atoms with E-state index in [2.05, 4.69) is 62.5 Å². The number of phosphoric ester groups is 1. The van der Waals surface area contributed by atoms with Gasteiger partial charge in [-0.3, -0.25) is 18.6 Å². The molecule has 0 rings (SSSR count). The Hall–Kier alpha value is -2.03. The Kier molecular flexibility index (Phi) is 54.2. The van der Waals surface area contributed by atoms with Crippen molar-refractivity contribution in [2.45, 2.75) is 302 Å². The van der Waals surface area contributed by atoms with Crippen molar-refractivity contribution in [2.75, 3.05) is 47.5 Å². The highest BCUT2D eigenvalue weighted by atomic mass is 31.2. The van der Waals surface area contributed by atoms with E-state index in [4.69, 9.17) is 18.5 Å². The average Bonchev–Trinajstić information content (AvgIpc) is 3.36. The lowest BCUT2D eigenvalue weighted by Crippen LogP contribution is -2.37. The summed E-state index contributed by atoms with van der Waals surface area (Å²) in [6.07, 6.45) is 70.9. The second kappa shape index (κ2) is 55.7. The number of allylic oxidation sites excluding steroid dienone is 8. The molecule has 2 unspecified atom stereocenters. The highest BCUT2D eigenvalue weighted by molar-refractivity contribution is 7.47. The fraction of sp³-hybridized carbons (Fsp3) is 0.844. The number of ether oxygens (including phenoxy) is 2. The number of phosphoric acid groups is 1. The van der Waals surface area contributed by atoms with Gasteiger partial charge in [0.05, 0.1) is 27.7 Å². The van der Waals surface area contributed by atoms with Gasteiger partial charge in [-0.2, -0.15) is 0 Å². The molecule has 2 atom stereocenters. The smallest absolute Gasteiger partial charge is 0.462 e. The predicted molar refractivity (Wildman–Crippen MR) is 317 cm³/mol. The summed E-state index contributed by atoms with van der Waals surface area (Å²) in [6.45, 7) is 4.40. The Labute approximate surface area is 458 Å². The first-order valence-electron chi connectivity index (χ1n) is 31.4. The third kappa shape index (κ3) is 59.2. The second-order valence-electron chi connectivity index (χ2n) is 22.4. The van der Waals surface area contributed by atoms with Crippen LogP contribution in [-0.2, 0) is 32.7 Å².